The molecule has 1 aliphatic carbocycles. The van der Waals surface area contributed by atoms with Crippen molar-refractivity contribution >= 4 is 16.0 Å². The summed E-state index contributed by atoms with van der Waals surface area (Å²) >= 11 is 0. The maximum atomic E-state index is 12.5. The molecule has 1 saturated heterocycles. The van der Waals surface area contributed by atoms with Crippen LogP contribution >= 0.6 is 0 Å². The van der Waals surface area contributed by atoms with Crippen molar-refractivity contribution in [3.63, 3.8) is 0 Å². The minimum atomic E-state index is -3.46. The highest BCUT2D eigenvalue weighted by Gasteiger charge is 2.42. The number of carboxylic acid groups (broad SMARTS) is 1. The number of nitrogens with zero attached hydrogens (tertiary/aromatic N) is 1. The van der Waals surface area contributed by atoms with E-state index in [1.165, 1.54) is 10.7 Å². The van der Waals surface area contributed by atoms with Gasteiger partial charge < -0.3 is 5.11 Å². The van der Waals surface area contributed by atoms with E-state index in [4.69, 9.17) is 5.11 Å². The predicted octanol–water partition coefficient (Wildman–Crippen LogP) is 1.84. The molecule has 0 aromatic rings. The standard InChI is InChI=1S/C13H23NO4S/c1-13(7-3-2-4-8-13)10-19(17,18)14-9-5-6-11(14)12(15)16/h11H,2-10H2,1H3,(H,15,16)/t11-/m0/s1. The largest absolute Gasteiger partial charge is 0.480 e. The highest BCUT2D eigenvalue weighted by Crippen LogP contribution is 2.38. The number of rotatable bonds is 4. The first kappa shape index (κ1) is 14.8. The second kappa shape index (κ2) is 5.40. The van der Waals surface area contributed by atoms with Gasteiger partial charge in [-0.2, -0.15) is 4.31 Å². The third-order valence-electron chi connectivity index (χ3n) is 4.44. The minimum absolute atomic E-state index is 0.101. The lowest BCUT2D eigenvalue weighted by molar-refractivity contribution is -0.140. The Bertz CT molecular complexity index is 440. The van der Waals surface area contributed by atoms with Gasteiger partial charge in [-0.3, -0.25) is 4.79 Å². The molecule has 1 heterocycles. The lowest BCUT2D eigenvalue weighted by atomic mass is 9.77. The Morgan fingerprint density at radius 2 is 1.89 bits per heavy atom. The van der Waals surface area contributed by atoms with E-state index < -0.39 is 22.0 Å². The lowest BCUT2D eigenvalue weighted by Gasteiger charge is -2.35. The van der Waals surface area contributed by atoms with Crippen LogP contribution in [0.4, 0.5) is 0 Å². The van der Waals surface area contributed by atoms with Crippen molar-refractivity contribution in [2.75, 3.05) is 12.3 Å². The van der Waals surface area contributed by atoms with Gasteiger partial charge in [0.2, 0.25) is 10.0 Å². The van der Waals surface area contributed by atoms with E-state index >= 15 is 0 Å². The zero-order chi connectivity index (χ0) is 14.1. The average Bonchev–Trinajstić information content (AvgIpc) is 2.78. The number of carboxylic acids is 1. The fraction of sp³-hybridized carbons (Fsp3) is 0.923. The molecule has 2 rings (SSSR count). The molecule has 0 bridgehead atoms. The molecule has 0 radical (unpaired) electrons. The molecule has 0 spiro atoms. The van der Waals surface area contributed by atoms with Crippen LogP contribution in [-0.2, 0) is 14.8 Å². The van der Waals surface area contributed by atoms with Crippen LogP contribution in [0.1, 0.15) is 51.9 Å². The van der Waals surface area contributed by atoms with E-state index in [1.807, 2.05) is 6.92 Å². The van der Waals surface area contributed by atoms with Gasteiger partial charge in [0.25, 0.3) is 0 Å². The van der Waals surface area contributed by atoms with Crippen LogP contribution in [0, 0.1) is 5.41 Å². The van der Waals surface area contributed by atoms with Crippen LogP contribution in [0.2, 0.25) is 0 Å². The summed E-state index contributed by atoms with van der Waals surface area (Å²) in [5.41, 5.74) is -0.178. The second-order valence-electron chi connectivity index (χ2n) is 6.23. The first-order valence-electron chi connectivity index (χ1n) is 7.06. The topological polar surface area (TPSA) is 74.7 Å². The van der Waals surface area contributed by atoms with Crippen molar-refractivity contribution in [2.24, 2.45) is 5.41 Å². The predicted molar refractivity (Wildman–Crippen MR) is 72.3 cm³/mol. The summed E-state index contributed by atoms with van der Waals surface area (Å²) in [7, 11) is -3.46. The average molecular weight is 289 g/mol. The van der Waals surface area contributed by atoms with Gasteiger partial charge in [0.15, 0.2) is 0 Å². The molecule has 0 amide bonds. The molecule has 1 N–H and O–H groups in total. The molecular formula is C13H23NO4S. The molecule has 1 saturated carbocycles. The van der Waals surface area contributed by atoms with Gasteiger partial charge >= 0.3 is 5.97 Å². The van der Waals surface area contributed by atoms with E-state index in [0.29, 0.717) is 19.4 Å². The molecule has 1 aliphatic heterocycles. The first-order valence-corrected chi connectivity index (χ1v) is 8.67. The summed E-state index contributed by atoms with van der Waals surface area (Å²) in [4.78, 5) is 11.1. The molecule has 0 aromatic carbocycles. The summed E-state index contributed by atoms with van der Waals surface area (Å²) in [6.45, 7) is 2.38. The number of sulfonamides is 1. The Hall–Kier alpha value is -0.620. The highest BCUT2D eigenvalue weighted by atomic mass is 32.2. The second-order valence-corrected chi connectivity index (χ2v) is 8.16. The maximum absolute atomic E-state index is 12.5. The monoisotopic (exact) mass is 289 g/mol. The van der Waals surface area contributed by atoms with Gasteiger partial charge in [0, 0.05) is 6.54 Å². The summed E-state index contributed by atoms with van der Waals surface area (Å²) in [5, 5.41) is 9.11. The van der Waals surface area contributed by atoms with E-state index in [1.54, 1.807) is 0 Å². The van der Waals surface area contributed by atoms with Crippen molar-refractivity contribution in [3.8, 4) is 0 Å². The Kier molecular flexibility index (Phi) is 4.20. The third kappa shape index (κ3) is 3.28. The normalized spacial score (nSPS) is 28.4. The number of carbonyl (C=O) groups is 1. The van der Waals surface area contributed by atoms with Crippen molar-refractivity contribution in [3.05, 3.63) is 0 Å². The van der Waals surface area contributed by atoms with Crippen LogP contribution in [-0.4, -0.2) is 42.1 Å². The van der Waals surface area contributed by atoms with Gasteiger partial charge in [-0.05, 0) is 31.1 Å². The van der Waals surface area contributed by atoms with Gasteiger partial charge in [0.05, 0.1) is 5.75 Å². The van der Waals surface area contributed by atoms with Gasteiger partial charge in [0.1, 0.15) is 6.04 Å². The highest BCUT2D eigenvalue weighted by molar-refractivity contribution is 7.89. The van der Waals surface area contributed by atoms with Gasteiger partial charge in [-0.1, -0.05) is 26.2 Å². The minimum Gasteiger partial charge on any atom is -0.480 e. The molecule has 110 valence electrons. The van der Waals surface area contributed by atoms with Gasteiger partial charge in [-0.15, -0.1) is 0 Å². The van der Waals surface area contributed by atoms with Crippen LogP contribution in [0.3, 0.4) is 0 Å². The molecule has 0 unspecified atom stereocenters. The summed E-state index contributed by atoms with van der Waals surface area (Å²) in [6, 6.07) is -0.850. The number of hydrogen-bond donors (Lipinski definition) is 1. The van der Waals surface area contributed by atoms with Gasteiger partial charge in [-0.25, -0.2) is 8.42 Å². The van der Waals surface area contributed by atoms with Crippen LogP contribution in [0.15, 0.2) is 0 Å². The molecule has 1 atom stereocenters. The van der Waals surface area contributed by atoms with Crippen LogP contribution in [0.25, 0.3) is 0 Å². The van der Waals surface area contributed by atoms with Crippen molar-refractivity contribution in [2.45, 2.75) is 57.9 Å². The van der Waals surface area contributed by atoms with Crippen molar-refractivity contribution in [1.29, 1.82) is 0 Å². The third-order valence-corrected chi connectivity index (χ3v) is 6.65. The number of hydrogen-bond acceptors (Lipinski definition) is 3. The molecule has 5 nitrogen and oxygen atoms in total. The molecule has 6 heteroatoms. The lowest BCUT2D eigenvalue weighted by Crippen LogP contribution is -2.44. The smallest absolute Gasteiger partial charge is 0.322 e. The Balaban J connectivity index is 2.11. The molecule has 0 aromatic heterocycles. The fourth-order valence-corrected chi connectivity index (χ4v) is 5.72. The van der Waals surface area contributed by atoms with Crippen LogP contribution in [0.5, 0.6) is 0 Å². The molecule has 2 fully saturated rings. The molecular weight excluding hydrogens is 266 g/mol. The van der Waals surface area contributed by atoms with E-state index in [9.17, 15) is 13.2 Å². The first-order chi connectivity index (χ1) is 8.84. The summed E-state index contributed by atoms with van der Waals surface area (Å²) in [6.07, 6.45) is 6.27. The van der Waals surface area contributed by atoms with Crippen LogP contribution < -0.4 is 0 Å². The van der Waals surface area contributed by atoms with Crippen molar-refractivity contribution in [1.82, 2.24) is 4.31 Å². The molecule has 19 heavy (non-hydrogen) atoms. The van der Waals surface area contributed by atoms with E-state index in [-0.39, 0.29) is 11.2 Å². The Morgan fingerprint density at radius 3 is 2.47 bits per heavy atom. The van der Waals surface area contributed by atoms with Crippen molar-refractivity contribution < 1.29 is 18.3 Å². The Labute approximate surface area is 115 Å². The zero-order valence-electron chi connectivity index (χ0n) is 11.5. The SMILES string of the molecule is CC1(CS(=O)(=O)N2CCC[C@H]2C(=O)O)CCCCC1. The number of aliphatic carboxylic acids is 1. The van der Waals surface area contributed by atoms with E-state index in [2.05, 4.69) is 0 Å². The zero-order valence-corrected chi connectivity index (χ0v) is 12.3. The summed E-state index contributed by atoms with van der Waals surface area (Å²) < 4.78 is 26.2. The maximum Gasteiger partial charge on any atom is 0.322 e. The fourth-order valence-electron chi connectivity index (χ4n) is 3.39. The molecule has 2 aliphatic rings. The quantitative estimate of drug-likeness (QED) is 0.857. The van der Waals surface area contributed by atoms with E-state index in [0.717, 1.165) is 25.7 Å². The summed E-state index contributed by atoms with van der Waals surface area (Å²) in [5.74, 6) is -0.918. The Morgan fingerprint density at radius 1 is 1.26 bits per heavy atom.